The van der Waals surface area contributed by atoms with Crippen LogP contribution >= 0.6 is 15.9 Å². The summed E-state index contributed by atoms with van der Waals surface area (Å²) in [6, 6.07) is 15.7. The maximum atomic E-state index is 6.40. The number of methoxy groups -OCH3 is 2. The van der Waals surface area contributed by atoms with Crippen molar-refractivity contribution in [2.45, 2.75) is 18.7 Å². The summed E-state index contributed by atoms with van der Waals surface area (Å²) in [5, 5.41) is 6.89. The van der Waals surface area contributed by atoms with Crippen molar-refractivity contribution in [3.8, 4) is 17.2 Å². The van der Waals surface area contributed by atoms with Gasteiger partial charge < -0.3 is 18.6 Å². The van der Waals surface area contributed by atoms with Gasteiger partial charge >= 0.3 is 0 Å². The number of hydrogen-bond donors (Lipinski definition) is 0. The number of rotatable bonds is 4. The van der Waals surface area contributed by atoms with Gasteiger partial charge in [-0.1, -0.05) is 15.9 Å². The van der Waals surface area contributed by atoms with Gasteiger partial charge in [0.2, 0.25) is 6.23 Å². The topological polar surface area (TPSA) is 56.4 Å². The Morgan fingerprint density at radius 3 is 2.69 bits per heavy atom. The summed E-state index contributed by atoms with van der Waals surface area (Å²) in [5.41, 5.74) is 2.94. The van der Waals surface area contributed by atoms with E-state index in [9.17, 15) is 0 Å². The minimum Gasteiger partial charge on any atom is -0.493 e. The molecule has 2 aromatic carbocycles. The summed E-state index contributed by atoms with van der Waals surface area (Å²) in [6.45, 7) is 0. The Morgan fingerprint density at radius 2 is 1.93 bits per heavy atom. The largest absolute Gasteiger partial charge is 0.493 e. The molecule has 0 saturated carbocycles. The third kappa shape index (κ3) is 3.06. The molecule has 1 aromatic heterocycles. The predicted molar refractivity (Wildman–Crippen MR) is 111 cm³/mol. The number of nitrogens with zero attached hydrogens (tertiary/aromatic N) is 2. The van der Waals surface area contributed by atoms with Gasteiger partial charge in [-0.15, -0.1) is 0 Å². The van der Waals surface area contributed by atoms with Crippen LogP contribution in [0.15, 0.2) is 68.8 Å². The second-order valence-corrected chi connectivity index (χ2v) is 7.81. The van der Waals surface area contributed by atoms with Gasteiger partial charge in [0.15, 0.2) is 11.5 Å². The van der Waals surface area contributed by atoms with E-state index < -0.39 is 0 Å². The van der Waals surface area contributed by atoms with E-state index >= 15 is 0 Å². The van der Waals surface area contributed by atoms with Gasteiger partial charge in [-0.25, -0.2) is 5.01 Å². The lowest BCUT2D eigenvalue weighted by atomic mass is 9.97. The number of fused-ring (bicyclic) bond motifs is 3. The number of hydrogen-bond acceptors (Lipinski definition) is 6. The maximum Gasteiger partial charge on any atom is 0.214 e. The van der Waals surface area contributed by atoms with Crippen molar-refractivity contribution in [2.24, 2.45) is 5.10 Å². The van der Waals surface area contributed by atoms with Crippen molar-refractivity contribution in [1.29, 1.82) is 0 Å². The second kappa shape index (κ2) is 7.15. The first-order chi connectivity index (χ1) is 14.2. The number of hydrazone groups is 1. The van der Waals surface area contributed by atoms with Crippen LogP contribution in [0.5, 0.6) is 17.2 Å². The SMILES string of the molecule is COc1ccc([C@H]2Oc3ccc(Br)cc3[C@@H]3CC(c4ccco4)=NN23)cc1OC. The first-order valence-corrected chi connectivity index (χ1v) is 10.0. The molecule has 5 rings (SSSR count). The van der Waals surface area contributed by atoms with Crippen molar-refractivity contribution >= 4 is 21.6 Å². The fraction of sp³-hybridized carbons (Fsp3) is 0.227. The lowest BCUT2D eigenvalue weighted by Gasteiger charge is -2.38. The van der Waals surface area contributed by atoms with E-state index in [0.717, 1.165) is 39.2 Å². The van der Waals surface area contributed by atoms with Gasteiger partial charge in [0.05, 0.1) is 26.5 Å². The minimum absolute atomic E-state index is 0.0504. The van der Waals surface area contributed by atoms with Crippen LogP contribution in [0.4, 0.5) is 0 Å². The fourth-order valence-electron chi connectivity index (χ4n) is 3.88. The van der Waals surface area contributed by atoms with Crippen LogP contribution in [0.25, 0.3) is 0 Å². The number of ether oxygens (including phenoxy) is 3. The molecule has 0 unspecified atom stereocenters. The highest BCUT2D eigenvalue weighted by molar-refractivity contribution is 9.10. The summed E-state index contributed by atoms with van der Waals surface area (Å²) in [5.74, 6) is 2.96. The van der Waals surface area contributed by atoms with E-state index in [1.165, 1.54) is 0 Å². The number of furan rings is 1. The maximum absolute atomic E-state index is 6.40. The van der Waals surface area contributed by atoms with E-state index in [-0.39, 0.29) is 12.3 Å². The quantitative estimate of drug-likeness (QED) is 0.535. The Labute approximate surface area is 176 Å². The molecule has 0 bridgehead atoms. The molecule has 0 radical (unpaired) electrons. The highest BCUT2D eigenvalue weighted by Gasteiger charge is 2.41. The Morgan fingerprint density at radius 1 is 1.07 bits per heavy atom. The Kier molecular flexibility index (Phi) is 4.47. The Hall–Kier alpha value is -2.93. The second-order valence-electron chi connectivity index (χ2n) is 6.89. The van der Waals surface area contributed by atoms with Crippen molar-refractivity contribution in [3.63, 3.8) is 0 Å². The first kappa shape index (κ1) is 18.1. The molecule has 2 aliphatic rings. The van der Waals surface area contributed by atoms with E-state index in [4.69, 9.17) is 23.7 Å². The monoisotopic (exact) mass is 454 g/mol. The lowest BCUT2D eigenvalue weighted by Crippen LogP contribution is -2.33. The van der Waals surface area contributed by atoms with Crippen LogP contribution < -0.4 is 14.2 Å². The standard InChI is InChI=1S/C22H19BrN2O4/c1-26-20-7-5-13(10-21(20)27-2)22-25-17(12-16(24-25)19-4-3-9-28-19)15-11-14(23)6-8-18(15)29-22/h3-11,17,22H,12H2,1-2H3/t17-,22+/m0/s1. The zero-order valence-electron chi connectivity index (χ0n) is 16.0. The van der Waals surface area contributed by atoms with Gasteiger partial charge in [0.1, 0.15) is 17.2 Å². The molecule has 0 amide bonds. The van der Waals surface area contributed by atoms with E-state index in [1.54, 1.807) is 20.5 Å². The zero-order chi connectivity index (χ0) is 20.0. The summed E-state index contributed by atoms with van der Waals surface area (Å²) in [6.07, 6.45) is 2.02. The van der Waals surface area contributed by atoms with Gasteiger partial charge in [-0.2, -0.15) is 5.10 Å². The first-order valence-electron chi connectivity index (χ1n) is 9.25. The zero-order valence-corrected chi connectivity index (χ0v) is 17.5. The molecule has 7 heteroatoms. The summed E-state index contributed by atoms with van der Waals surface area (Å²) in [4.78, 5) is 0. The van der Waals surface area contributed by atoms with Crippen LogP contribution in [0.2, 0.25) is 0 Å². The van der Waals surface area contributed by atoms with Gasteiger partial charge in [-0.3, -0.25) is 0 Å². The normalized spacial score (nSPS) is 19.8. The highest BCUT2D eigenvalue weighted by atomic mass is 79.9. The van der Waals surface area contributed by atoms with Crippen LogP contribution in [0.1, 0.15) is 35.6 Å². The molecule has 0 N–H and O–H groups in total. The number of halogens is 1. The van der Waals surface area contributed by atoms with E-state index in [2.05, 4.69) is 22.0 Å². The van der Waals surface area contributed by atoms with Crippen LogP contribution in [0.3, 0.4) is 0 Å². The van der Waals surface area contributed by atoms with Gasteiger partial charge in [0, 0.05) is 22.0 Å². The van der Waals surface area contributed by atoms with E-state index in [0.29, 0.717) is 11.5 Å². The molecule has 3 heterocycles. The molecule has 148 valence electrons. The van der Waals surface area contributed by atoms with Gasteiger partial charge in [0.25, 0.3) is 0 Å². The molecule has 6 nitrogen and oxygen atoms in total. The summed E-state index contributed by atoms with van der Waals surface area (Å²) in [7, 11) is 3.25. The van der Waals surface area contributed by atoms with Crippen molar-refractivity contribution in [3.05, 3.63) is 76.2 Å². The molecule has 0 spiro atoms. The van der Waals surface area contributed by atoms with Crippen molar-refractivity contribution in [2.75, 3.05) is 14.2 Å². The van der Waals surface area contributed by atoms with Crippen LogP contribution in [0, 0.1) is 0 Å². The van der Waals surface area contributed by atoms with Crippen molar-refractivity contribution in [1.82, 2.24) is 5.01 Å². The van der Waals surface area contributed by atoms with E-state index in [1.807, 2.05) is 47.5 Å². The summed E-state index contributed by atoms with van der Waals surface area (Å²) >= 11 is 3.58. The van der Waals surface area contributed by atoms with Crippen molar-refractivity contribution < 1.29 is 18.6 Å². The molecular weight excluding hydrogens is 436 g/mol. The van der Waals surface area contributed by atoms with Gasteiger partial charge in [-0.05, 0) is 48.5 Å². The average molecular weight is 455 g/mol. The molecule has 29 heavy (non-hydrogen) atoms. The molecule has 2 atom stereocenters. The minimum atomic E-state index is -0.388. The predicted octanol–water partition coefficient (Wildman–Crippen LogP) is 5.30. The van der Waals surface area contributed by atoms with Crippen LogP contribution in [-0.4, -0.2) is 24.9 Å². The molecule has 2 aliphatic heterocycles. The molecular formula is C22H19BrN2O4. The Bertz CT molecular complexity index is 1080. The smallest absolute Gasteiger partial charge is 0.214 e. The fourth-order valence-corrected chi connectivity index (χ4v) is 4.25. The average Bonchev–Trinajstić information content (AvgIpc) is 3.42. The third-order valence-electron chi connectivity index (χ3n) is 5.25. The molecule has 3 aromatic rings. The lowest BCUT2D eigenvalue weighted by molar-refractivity contribution is -0.0192. The number of benzene rings is 2. The molecule has 0 aliphatic carbocycles. The third-order valence-corrected chi connectivity index (χ3v) is 5.74. The summed E-state index contributed by atoms with van der Waals surface area (Å²) < 4.78 is 23.9. The molecule has 0 fully saturated rings. The van der Waals surface area contributed by atoms with Crippen LogP contribution in [-0.2, 0) is 0 Å². The highest BCUT2D eigenvalue weighted by Crippen LogP contribution is 2.48. The Balaban J connectivity index is 1.60. The molecule has 0 saturated heterocycles.